The molecular formula is C15H22N5O4+. The number of carbonyl (C=O) groups is 2. The van der Waals surface area contributed by atoms with Gasteiger partial charge >= 0.3 is 12.0 Å². The Balaban J connectivity index is 1.99. The fourth-order valence-electron chi connectivity index (χ4n) is 3.17. The number of amidine groups is 1. The van der Waals surface area contributed by atoms with E-state index >= 15 is 0 Å². The summed E-state index contributed by atoms with van der Waals surface area (Å²) in [5.74, 6) is 0.698. The number of urea groups is 1. The van der Waals surface area contributed by atoms with Crippen LogP contribution in [-0.4, -0.2) is 69.2 Å². The van der Waals surface area contributed by atoms with Gasteiger partial charge in [-0.1, -0.05) is 4.99 Å². The average Bonchev–Trinajstić information content (AvgIpc) is 3.06. The highest BCUT2D eigenvalue weighted by Gasteiger charge is 2.52. The van der Waals surface area contributed by atoms with Gasteiger partial charge in [0.05, 0.1) is 6.54 Å². The maximum Gasteiger partial charge on any atom is 0.401 e. The van der Waals surface area contributed by atoms with Gasteiger partial charge in [-0.3, -0.25) is 14.6 Å². The van der Waals surface area contributed by atoms with Crippen LogP contribution < -0.4 is 4.57 Å². The Morgan fingerprint density at radius 3 is 2.54 bits per heavy atom. The summed E-state index contributed by atoms with van der Waals surface area (Å²) in [5.41, 5.74) is 0.940. The summed E-state index contributed by atoms with van der Waals surface area (Å²) in [6.45, 7) is 2.69. The summed E-state index contributed by atoms with van der Waals surface area (Å²) >= 11 is 0. The lowest BCUT2D eigenvalue weighted by atomic mass is 10.1. The Morgan fingerprint density at radius 1 is 1.21 bits per heavy atom. The number of imidazole rings is 1. The highest BCUT2D eigenvalue weighted by Crippen LogP contribution is 2.29. The molecule has 0 bridgehead atoms. The Kier molecular flexibility index (Phi) is 4.37. The van der Waals surface area contributed by atoms with Crippen LogP contribution in [0.5, 0.6) is 0 Å². The first-order chi connectivity index (χ1) is 11.5. The molecule has 0 radical (unpaired) electrons. The van der Waals surface area contributed by atoms with E-state index < -0.39 is 12.1 Å². The molecule has 2 aliphatic heterocycles. The molecule has 1 unspecified atom stereocenters. The van der Waals surface area contributed by atoms with Crippen molar-refractivity contribution in [1.29, 1.82) is 0 Å². The van der Waals surface area contributed by atoms with Crippen LogP contribution in [0, 0.1) is 6.92 Å². The standard InChI is InChI=1S/C15H22N5O4/c1-10-9-20-11-12(16-14(20)18(10)5-3-7-21)17(2)15(24)19(13(11)23)6-4-8-22/h9,11,21-22H,3-8H2,1-2H3/q+1. The van der Waals surface area contributed by atoms with Gasteiger partial charge in [0.15, 0.2) is 0 Å². The van der Waals surface area contributed by atoms with Gasteiger partial charge in [-0.05, 0) is 13.3 Å². The van der Waals surface area contributed by atoms with Crippen molar-refractivity contribution in [1.82, 2.24) is 14.4 Å². The lowest BCUT2D eigenvalue weighted by Gasteiger charge is -2.32. The minimum atomic E-state index is -0.657. The first-order valence-corrected chi connectivity index (χ1v) is 8.02. The van der Waals surface area contributed by atoms with Gasteiger partial charge in [0.25, 0.3) is 5.91 Å². The van der Waals surface area contributed by atoms with E-state index in [2.05, 4.69) is 4.99 Å². The predicted octanol–water partition coefficient (Wildman–Crippen LogP) is -0.672. The molecule has 1 aromatic heterocycles. The van der Waals surface area contributed by atoms with E-state index in [0.717, 1.165) is 5.69 Å². The van der Waals surface area contributed by atoms with Crippen molar-refractivity contribution in [2.24, 2.45) is 4.99 Å². The molecule has 9 nitrogen and oxygen atoms in total. The molecule has 3 amide bonds. The summed E-state index contributed by atoms with van der Waals surface area (Å²) in [5, 5.41) is 18.0. The highest BCUT2D eigenvalue weighted by atomic mass is 16.3. The van der Waals surface area contributed by atoms with Gasteiger partial charge in [0.1, 0.15) is 11.9 Å². The van der Waals surface area contributed by atoms with Crippen molar-refractivity contribution in [2.45, 2.75) is 32.4 Å². The van der Waals surface area contributed by atoms with E-state index in [1.165, 1.54) is 9.80 Å². The number of aromatic nitrogens is 2. The van der Waals surface area contributed by atoms with Gasteiger partial charge in [0.2, 0.25) is 11.9 Å². The molecule has 2 N–H and O–H groups in total. The third-order valence-electron chi connectivity index (χ3n) is 4.40. The molecule has 0 spiro atoms. The maximum absolute atomic E-state index is 12.8. The second kappa shape index (κ2) is 6.33. The number of aryl methyl sites for hydroxylation is 1. The van der Waals surface area contributed by atoms with Crippen molar-refractivity contribution in [3.8, 4) is 0 Å². The SMILES string of the molecule is Cc1c[n+]2c(n1CCCO)N=C1C2C(=O)N(CCCO)C(=O)N1C. The van der Waals surface area contributed by atoms with E-state index in [-0.39, 0.29) is 25.7 Å². The zero-order valence-corrected chi connectivity index (χ0v) is 13.8. The van der Waals surface area contributed by atoms with E-state index in [9.17, 15) is 9.59 Å². The van der Waals surface area contributed by atoms with Crippen LogP contribution in [0.1, 0.15) is 24.6 Å². The summed E-state index contributed by atoms with van der Waals surface area (Å²) < 4.78 is 3.71. The van der Waals surface area contributed by atoms with Gasteiger partial charge in [0, 0.05) is 33.2 Å². The number of hydrogen-bond acceptors (Lipinski definition) is 5. The number of carbonyl (C=O) groups excluding carboxylic acids is 2. The number of aliphatic imine (C=N–C) groups is 1. The number of imide groups is 1. The van der Waals surface area contributed by atoms with Crippen LogP contribution in [-0.2, 0) is 11.3 Å². The first kappa shape index (κ1) is 16.6. The van der Waals surface area contributed by atoms with Crippen molar-refractivity contribution < 1.29 is 24.4 Å². The predicted molar refractivity (Wildman–Crippen MR) is 83.8 cm³/mol. The summed E-state index contributed by atoms with van der Waals surface area (Å²) in [6.07, 6.45) is 2.78. The molecule has 0 aromatic carbocycles. The number of nitrogens with zero attached hydrogens (tertiary/aromatic N) is 5. The first-order valence-electron chi connectivity index (χ1n) is 8.02. The molecule has 1 atom stereocenters. The molecule has 24 heavy (non-hydrogen) atoms. The molecule has 3 heterocycles. The number of fused-ring (bicyclic) bond motifs is 3. The molecule has 0 saturated carbocycles. The average molecular weight is 336 g/mol. The summed E-state index contributed by atoms with van der Waals surface area (Å²) in [7, 11) is 1.60. The van der Waals surface area contributed by atoms with Crippen molar-refractivity contribution >= 4 is 23.7 Å². The zero-order valence-electron chi connectivity index (χ0n) is 13.8. The number of aliphatic hydroxyl groups excluding tert-OH is 2. The number of hydrogen-bond donors (Lipinski definition) is 2. The molecule has 2 aliphatic rings. The molecule has 130 valence electrons. The third kappa shape index (κ3) is 2.40. The second-order valence-corrected chi connectivity index (χ2v) is 5.99. The normalized spacial score (nSPS) is 19.7. The third-order valence-corrected chi connectivity index (χ3v) is 4.40. The van der Waals surface area contributed by atoms with Gasteiger partial charge < -0.3 is 10.2 Å². The number of aliphatic hydroxyl groups is 2. The van der Waals surface area contributed by atoms with Crippen molar-refractivity contribution in [3.05, 3.63) is 11.9 Å². The monoisotopic (exact) mass is 336 g/mol. The summed E-state index contributed by atoms with van der Waals surface area (Å²) in [4.78, 5) is 32.3. The number of amides is 3. The van der Waals surface area contributed by atoms with Crippen LogP contribution >= 0.6 is 0 Å². The van der Waals surface area contributed by atoms with Crippen LogP contribution in [0.3, 0.4) is 0 Å². The van der Waals surface area contributed by atoms with Gasteiger partial charge in [-0.15, -0.1) is 0 Å². The van der Waals surface area contributed by atoms with Crippen LogP contribution in [0.2, 0.25) is 0 Å². The fourth-order valence-corrected chi connectivity index (χ4v) is 3.17. The van der Waals surface area contributed by atoms with Gasteiger partial charge in [-0.2, -0.15) is 0 Å². The quantitative estimate of drug-likeness (QED) is 0.673. The topological polar surface area (TPSA) is 102 Å². The van der Waals surface area contributed by atoms with Crippen molar-refractivity contribution in [3.63, 3.8) is 0 Å². The molecule has 1 fully saturated rings. The molecule has 1 saturated heterocycles. The lowest BCUT2D eigenvalue weighted by molar-refractivity contribution is -0.677. The minimum absolute atomic E-state index is 0.0727. The molecule has 1 aromatic rings. The van der Waals surface area contributed by atoms with Crippen LogP contribution in [0.25, 0.3) is 0 Å². The fraction of sp³-hybridized carbons (Fsp3) is 0.600. The Labute approximate surface area is 139 Å². The van der Waals surface area contributed by atoms with Gasteiger partial charge in [-0.25, -0.2) is 13.9 Å². The minimum Gasteiger partial charge on any atom is -0.396 e. The zero-order chi connectivity index (χ0) is 17.4. The Morgan fingerprint density at radius 2 is 1.88 bits per heavy atom. The second-order valence-electron chi connectivity index (χ2n) is 5.99. The van der Waals surface area contributed by atoms with Crippen LogP contribution in [0.15, 0.2) is 11.2 Å². The van der Waals surface area contributed by atoms with Crippen molar-refractivity contribution in [2.75, 3.05) is 26.8 Å². The van der Waals surface area contributed by atoms with E-state index in [1.54, 1.807) is 11.6 Å². The van der Waals surface area contributed by atoms with E-state index in [0.29, 0.717) is 31.2 Å². The molecule has 9 heteroatoms. The van der Waals surface area contributed by atoms with E-state index in [4.69, 9.17) is 10.2 Å². The van der Waals surface area contributed by atoms with Crippen LogP contribution in [0.4, 0.5) is 10.7 Å². The smallest absolute Gasteiger partial charge is 0.396 e. The Hall–Kier alpha value is -2.26. The number of rotatable bonds is 6. The lowest BCUT2D eigenvalue weighted by Crippen LogP contribution is -2.62. The summed E-state index contributed by atoms with van der Waals surface area (Å²) in [6, 6.07) is -1.08. The van der Waals surface area contributed by atoms with E-state index in [1.807, 2.05) is 17.7 Å². The molecule has 3 rings (SSSR count). The molecular weight excluding hydrogens is 314 g/mol. The number of likely N-dealkylation sites (N-methyl/N-ethyl adjacent to an activating group) is 1. The Bertz CT molecular complexity index is 711. The largest absolute Gasteiger partial charge is 0.401 e. The highest BCUT2D eigenvalue weighted by molar-refractivity contribution is 6.19. The maximum atomic E-state index is 12.8. The molecule has 0 aliphatic carbocycles.